The molecule has 8 nitrogen and oxygen atoms in total. The Morgan fingerprint density at radius 2 is 1.70 bits per heavy atom. The van der Waals surface area contributed by atoms with Gasteiger partial charge in [0, 0.05) is 38.1 Å². The summed E-state index contributed by atoms with van der Waals surface area (Å²) in [5.74, 6) is 0.236. The number of allylic oxidation sites excluding steroid dienone is 1. The lowest BCUT2D eigenvalue weighted by molar-refractivity contribution is -0.128. The van der Waals surface area contributed by atoms with E-state index in [4.69, 9.17) is 0 Å². The van der Waals surface area contributed by atoms with Crippen molar-refractivity contribution in [3.63, 3.8) is 0 Å². The number of carbonyl (C=O) groups is 2. The average molecular weight is 511 g/mol. The van der Waals surface area contributed by atoms with Crippen LogP contribution in [0.3, 0.4) is 0 Å². The molecule has 8 heteroatoms. The van der Waals surface area contributed by atoms with Crippen LogP contribution in [0.4, 0.5) is 5.69 Å². The number of carbonyl (C=O) groups excluding carboxylic acids is 2. The summed E-state index contributed by atoms with van der Waals surface area (Å²) in [5, 5.41) is 9.31. The highest BCUT2D eigenvalue weighted by molar-refractivity contribution is 6.02. The van der Waals surface area contributed by atoms with Gasteiger partial charge in [-0.1, -0.05) is 48.1 Å². The maximum Gasteiger partial charge on any atom is 0.298 e. The maximum absolute atomic E-state index is 13.6. The molecule has 1 saturated heterocycles. The Balaban J connectivity index is 0.00000163. The van der Waals surface area contributed by atoms with E-state index in [9.17, 15) is 9.59 Å². The van der Waals surface area contributed by atoms with Crippen LogP contribution in [0.25, 0.3) is 0 Å². The molecule has 1 aromatic carbocycles. The van der Waals surface area contributed by atoms with Crippen LogP contribution in [0.5, 0.6) is 0 Å². The van der Waals surface area contributed by atoms with Gasteiger partial charge in [-0.2, -0.15) is 10.1 Å². The molecule has 0 saturated carbocycles. The number of nitrogens with one attached hydrogen (secondary N) is 1. The number of hydrazone groups is 1. The van der Waals surface area contributed by atoms with Crippen molar-refractivity contribution < 1.29 is 9.59 Å². The molecule has 0 bridgehead atoms. The second kappa shape index (κ2) is 15.6. The van der Waals surface area contributed by atoms with Gasteiger partial charge in [0.25, 0.3) is 5.91 Å². The van der Waals surface area contributed by atoms with E-state index in [-0.39, 0.29) is 5.91 Å². The van der Waals surface area contributed by atoms with Gasteiger partial charge in [-0.05, 0) is 62.4 Å². The molecule has 0 aliphatic carbocycles. The number of rotatable bonds is 7. The van der Waals surface area contributed by atoms with Crippen molar-refractivity contribution in [1.82, 2.24) is 20.1 Å². The Morgan fingerprint density at radius 1 is 1.08 bits per heavy atom. The summed E-state index contributed by atoms with van der Waals surface area (Å²) < 4.78 is 0. The molecular weight excluding hydrogens is 464 g/mol. The van der Waals surface area contributed by atoms with Crippen molar-refractivity contribution in [3.05, 3.63) is 52.6 Å². The first-order valence-corrected chi connectivity index (χ1v) is 13.5. The van der Waals surface area contributed by atoms with Gasteiger partial charge in [0.1, 0.15) is 11.5 Å². The summed E-state index contributed by atoms with van der Waals surface area (Å²) in [7, 11) is 0. The highest BCUT2D eigenvalue weighted by Crippen LogP contribution is 2.28. The molecule has 1 aromatic rings. The van der Waals surface area contributed by atoms with Crippen molar-refractivity contribution in [1.29, 1.82) is 0 Å². The molecule has 1 N–H and O–H groups in total. The maximum atomic E-state index is 13.6. The van der Waals surface area contributed by atoms with Gasteiger partial charge in [-0.15, -0.1) is 0 Å². The van der Waals surface area contributed by atoms with E-state index >= 15 is 0 Å². The normalized spacial score (nSPS) is 16.2. The van der Waals surface area contributed by atoms with E-state index in [2.05, 4.69) is 41.0 Å². The van der Waals surface area contributed by atoms with E-state index in [1.165, 1.54) is 5.01 Å². The molecule has 37 heavy (non-hydrogen) atoms. The number of hydrogen-bond donors (Lipinski definition) is 1. The van der Waals surface area contributed by atoms with Crippen LogP contribution in [0, 0.1) is 6.92 Å². The number of hydrogen-bond acceptors (Lipinski definition) is 6. The zero-order valence-corrected chi connectivity index (χ0v) is 24.3. The minimum Gasteiger partial charge on any atom is -0.362 e. The molecule has 0 aromatic heterocycles. The van der Waals surface area contributed by atoms with E-state index in [1.54, 1.807) is 11.1 Å². The number of aryl methyl sites for hydroxylation is 2. The third kappa shape index (κ3) is 7.54. The number of amides is 2. The smallest absolute Gasteiger partial charge is 0.298 e. The van der Waals surface area contributed by atoms with Crippen molar-refractivity contribution in [3.8, 4) is 0 Å². The summed E-state index contributed by atoms with van der Waals surface area (Å²) in [6.45, 7) is 24.4. The largest absolute Gasteiger partial charge is 0.362 e. The number of piperazine rings is 1. The van der Waals surface area contributed by atoms with Crippen molar-refractivity contribution in [2.75, 3.05) is 26.2 Å². The quantitative estimate of drug-likeness (QED) is 0.396. The Hall–Kier alpha value is -3.42. The highest BCUT2D eigenvalue weighted by Gasteiger charge is 2.34. The molecule has 2 amide bonds. The fraction of sp³-hybridized carbons (Fsp3) is 0.517. The fourth-order valence-electron chi connectivity index (χ4n) is 4.23. The zero-order chi connectivity index (χ0) is 28.1. The van der Waals surface area contributed by atoms with Crippen LogP contribution in [-0.4, -0.2) is 65.2 Å². The average Bonchev–Trinajstić information content (AvgIpc) is 2.93. The third-order valence-corrected chi connectivity index (χ3v) is 6.05. The summed E-state index contributed by atoms with van der Waals surface area (Å²) >= 11 is 0. The van der Waals surface area contributed by atoms with Gasteiger partial charge in [0.15, 0.2) is 0 Å². The first-order valence-electron chi connectivity index (χ1n) is 13.5. The van der Waals surface area contributed by atoms with E-state index in [0.29, 0.717) is 44.1 Å². The fourth-order valence-corrected chi connectivity index (χ4v) is 4.23. The molecular formula is C29H46N6O2. The molecule has 0 radical (unpaired) electrons. The van der Waals surface area contributed by atoms with Gasteiger partial charge in [-0.3, -0.25) is 14.6 Å². The molecule has 2 aliphatic rings. The van der Waals surface area contributed by atoms with Crippen LogP contribution in [0.1, 0.15) is 78.5 Å². The predicted octanol–water partition coefficient (Wildman–Crippen LogP) is 5.35. The van der Waals surface area contributed by atoms with Gasteiger partial charge in [0.2, 0.25) is 6.41 Å². The Morgan fingerprint density at radius 3 is 2.22 bits per heavy atom. The Labute approximate surface area is 223 Å². The van der Waals surface area contributed by atoms with Crippen LogP contribution in [-0.2, 0) is 16.0 Å². The van der Waals surface area contributed by atoms with E-state index < -0.39 is 0 Å². The molecule has 2 heterocycles. The van der Waals surface area contributed by atoms with Crippen LogP contribution >= 0.6 is 0 Å². The topological polar surface area (TPSA) is 80.6 Å². The van der Waals surface area contributed by atoms with Crippen molar-refractivity contribution in [2.45, 2.75) is 75.2 Å². The molecule has 3 rings (SSSR count). The molecule has 0 spiro atoms. The summed E-state index contributed by atoms with van der Waals surface area (Å²) in [4.78, 5) is 32.9. The zero-order valence-electron chi connectivity index (χ0n) is 24.3. The van der Waals surface area contributed by atoms with Gasteiger partial charge >= 0.3 is 0 Å². The first kappa shape index (κ1) is 31.6. The SMILES string of the molecule is C=C1NC(CC)=C(N2CCN(C=O)CC2)C(=O)N1/N=C(\C)c1cc(C)c(N=CC)c(CC)c1.CC.CC. The minimum atomic E-state index is -0.200. The Kier molecular flexibility index (Phi) is 13.4. The molecule has 0 unspecified atom stereocenters. The second-order valence-corrected chi connectivity index (χ2v) is 8.22. The summed E-state index contributed by atoms with van der Waals surface area (Å²) in [6.07, 6.45) is 4.19. The summed E-state index contributed by atoms with van der Waals surface area (Å²) in [5.41, 5.74) is 6.31. The Bertz CT molecular complexity index is 1030. The van der Waals surface area contributed by atoms with Gasteiger partial charge in [0.05, 0.1) is 11.4 Å². The van der Waals surface area contributed by atoms with Gasteiger partial charge in [-0.25, -0.2) is 0 Å². The van der Waals surface area contributed by atoms with E-state index in [0.717, 1.165) is 46.6 Å². The van der Waals surface area contributed by atoms with Crippen molar-refractivity contribution in [2.24, 2.45) is 10.1 Å². The van der Waals surface area contributed by atoms with Crippen molar-refractivity contribution >= 4 is 29.9 Å². The molecule has 2 aliphatic heterocycles. The third-order valence-electron chi connectivity index (χ3n) is 6.05. The lowest BCUT2D eigenvalue weighted by Gasteiger charge is -2.39. The molecule has 0 atom stereocenters. The second-order valence-electron chi connectivity index (χ2n) is 8.22. The number of benzene rings is 1. The van der Waals surface area contributed by atoms with Crippen LogP contribution < -0.4 is 5.32 Å². The lowest BCUT2D eigenvalue weighted by atomic mass is 9.99. The van der Waals surface area contributed by atoms with Gasteiger partial charge < -0.3 is 15.1 Å². The summed E-state index contributed by atoms with van der Waals surface area (Å²) in [6, 6.07) is 4.14. The predicted molar refractivity (Wildman–Crippen MR) is 155 cm³/mol. The van der Waals surface area contributed by atoms with Crippen LogP contribution in [0.2, 0.25) is 0 Å². The highest BCUT2D eigenvalue weighted by atomic mass is 16.2. The molecule has 204 valence electrons. The monoisotopic (exact) mass is 510 g/mol. The van der Waals surface area contributed by atoms with E-state index in [1.807, 2.05) is 60.3 Å². The number of aliphatic imine (C=N–C) groups is 1. The first-order chi connectivity index (χ1) is 17.8. The van der Waals surface area contributed by atoms with Crippen LogP contribution in [0.15, 0.2) is 46.0 Å². The standard InChI is InChI=1S/C25H34N6O2.2C2H6/c1-7-20-15-21(14-17(4)23(20)26-9-3)18(5)28-31-19(6)27-22(8-2)24(25(31)33)30-12-10-29(16-32)11-13-30;2*1-2/h9,14-16,27H,6-8,10-13H2,1-5H3;2*1-2H3/b26-9?,28-18+;;. The molecule has 1 fully saturated rings. The minimum absolute atomic E-state index is 0.200. The lowest BCUT2D eigenvalue weighted by Crippen LogP contribution is -2.51. The number of nitrogens with zero attached hydrogens (tertiary/aromatic N) is 5.